The summed E-state index contributed by atoms with van der Waals surface area (Å²) in [5.41, 5.74) is 0.900. The number of rotatable bonds is 2. The molecule has 0 unspecified atom stereocenters. The molecule has 0 bridgehead atoms. The highest BCUT2D eigenvalue weighted by Crippen LogP contribution is 2.20. The summed E-state index contributed by atoms with van der Waals surface area (Å²) in [5, 5.41) is 12.4. The minimum atomic E-state index is -0.469. The number of aliphatic hydroxyl groups is 1. The standard InChI is InChI=1S/C16H18FN3O2/c17-14-6-5-12(10-15(14)19-7-1-2-8-19)18-16(22)20-9-3-4-13(21)11-20/h1-2,5-8,10,13,21H,3-4,9,11H2,(H,18,22)/t13-/m1/s1. The molecule has 1 atom stereocenters. The van der Waals surface area contributed by atoms with Crippen molar-refractivity contribution in [2.45, 2.75) is 18.9 Å². The van der Waals surface area contributed by atoms with Crippen LogP contribution < -0.4 is 5.32 Å². The van der Waals surface area contributed by atoms with Gasteiger partial charge < -0.3 is 19.9 Å². The van der Waals surface area contributed by atoms with Crippen LogP contribution in [0.25, 0.3) is 5.69 Å². The van der Waals surface area contributed by atoms with E-state index in [-0.39, 0.29) is 11.8 Å². The van der Waals surface area contributed by atoms with Crippen molar-refractivity contribution in [3.63, 3.8) is 0 Å². The van der Waals surface area contributed by atoms with Gasteiger partial charge in [-0.15, -0.1) is 0 Å². The van der Waals surface area contributed by atoms with E-state index in [1.807, 2.05) is 0 Å². The zero-order chi connectivity index (χ0) is 15.5. The van der Waals surface area contributed by atoms with Crippen LogP contribution in [0, 0.1) is 5.82 Å². The Labute approximate surface area is 128 Å². The second-order valence-corrected chi connectivity index (χ2v) is 5.43. The molecule has 0 aliphatic carbocycles. The molecule has 1 aromatic carbocycles. The fraction of sp³-hybridized carbons (Fsp3) is 0.312. The second-order valence-electron chi connectivity index (χ2n) is 5.43. The SMILES string of the molecule is O=C(Nc1ccc(F)c(-n2cccc2)c1)N1CCC[C@@H](O)C1. The molecular formula is C16H18FN3O2. The highest BCUT2D eigenvalue weighted by Gasteiger charge is 2.22. The van der Waals surface area contributed by atoms with Gasteiger partial charge in [0.2, 0.25) is 0 Å². The largest absolute Gasteiger partial charge is 0.391 e. The number of carbonyl (C=O) groups is 1. The Morgan fingerprint density at radius 2 is 2.09 bits per heavy atom. The summed E-state index contributed by atoms with van der Waals surface area (Å²) in [4.78, 5) is 13.8. The maximum atomic E-state index is 13.9. The minimum absolute atomic E-state index is 0.274. The molecule has 6 heteroatoms. The summed E-state index contributed by atoms with van der Waals surface area (Å²) < 4.78 is 15.5. The number of carbonyl (C=O) groups excluding carboxylic acids is 1. The number of halogens is 1. The molecule has 1 aliphatic rings. The van der Waals surface area contributed by atoms with Gasteiger partial charge in [0.25, 0.3) is 0 Å². The average Bonchev–Trinajstić information content (AvgIpc) is 3.03. The van der Waals surface area contributed by atoms with Crippen LogP contribution in [-0.2, 0) is 0 Å². The van der Waals surface area contributed by atoms with Crippen molar-refractivity contribution in [1.82, 2.24) is 9.47 Å². The molecule has 3 rings (SSSR count). The van der Waals surface area contributed by atoms with Gasteiger partial charge >= 0.3 is 6.03 Å². The number of aliphatic hydroxyl groups excluding tert-OH is 1. The molecule has 22 heavy (non-hydrogen) atoms. The number of hydrogen-bond acceptors (Lipinski definition) is 2. The van der Waals surface area contributed by atoms with Crippen LogP contribution in [-0.4, -0.2) is 39.8 Å². The Bertz CT molecular complexity index is 657. The number of hydrogen-bond donors (Lipinski definition) is 2. The predicted octanol–water partition coefficient (Wildman–Crippen LogP) is 2.61. The van der Waals surface area contributed by atoms with E-state index >= 15 is 0 Å². The monoisotopic (exact) mass is 303 g/mol. The van der Waals surface area contributed by atoms with Crippen LogP contribution in [0.1, 0.15) is 12.8 Å². The molecule has 1 fully saturated rings. The Balaban J connectivity index is 1.75. The number of anilines is 1. The number of nitrogens with one attached hydrogen (secondary N) is 1. The quantitative estimate of drug-likeness (QED) is 0.896. The van der Waals surface area contributed by atoms with Gasteiger partial charge in [-0.1, -0.05) is 0 Å². The molecule has 1 aliphatic heterocycles. The van der Waals surface area contributed by atoms with E-state index in [1.165, 1.54) is 12.1 Å². The predicted molar refractivity (Wildman–Crippen MR) is 81.6 cm³/mol. The molecule has 116 valence electrons. The van der Waals surface area contributed by atoms with E-state index in [4.69, 9.17) is 0 Å². The van der Waals surface area contributed by atoms with Crippen molar-refractivity contribution in [2.24, 2.45) is 0 Å². The minimum Gasteiger partial charge on any atom is -0.391 e. The average molecular weight is 303 g/mol. The van der Waals surface area contributed by atoms with Crippen LogP contribution in [0.2, 0.25) is 0 Å². The van der Waals surface area contributed by atoms with E-state index in [1.54, 1.807) is 40.1 Å². The van der Waals surface area contributed by atoms with Gasteiger partial charge in [0, 0.05) is 31.2 Å². The molecular weight excluding hydrogens is 285 g/mol. The number of aromatic nitrogens is 1. The van der Waals surface area contributed by atoms with Crippen molar-refractivity contribution in [2.75, 3.05) is 18.4 Å². The summed E-state index contributed by atoms with van der Waals surface area (Å²) in [6, 6.07) is 7.79. The first-order valence-electron chi connectivity index (χ1n) is 7.30. The van der Waals surface area contributed by atoms with E-state index in [9.17, 15) is 14.3 Å². The maximum Gasteiger partial charge on any atom is 0.321 e. The molecule has 2 aromatic rings. The zero-order valence-electron chi connectivity index (χ0n) is 12.1. The van der Waals surface area contributed by atoms with Crippen molar-refractivity contribution < 1.29 is 14.3 Å². The topological polar surface area (TPSA) is 57.5 Å². The van der Waals surface area contributed by atoms with Crippen molar-refractivity contribution >= 4 is 11.7 Å². The smallest absolute Gasteiger partial charge is 0.321 e. The van der Waals surface area contributed by atoms with Gasteiger partial charge in [0.15, 0.2) is 0 Å². The third kappa shape index (κ3) is 3.12. The van der Waals surface area contributed by atoms with Crippen LogP contribution in [0.5, 0.6) is 0 Å². The number of amides is 2. The lowest BCUT2D eigenvalue weighted by Gasteiger charge is -2.30. The summed E-state index contributed by atoms with van der Waals surface area (Å²) in [7, 11) is 0. The van der Waals surface area contributed by atoms with Gasteiger partial charge in [0.05, 0.1) is 11.8 Å². The van der Waals surface area contributed by atoms with Crippen molar-refractivity contribution in [1.29, 1.82) is 0 Å². The number of piperidine rings is 1. The normalized spacial score (nSPS) is 18.3. The molecule has 2 N–H and O–H groups in total. The number of likely N-dealkylation sites (tertiary alicyclic amines) is 1. The van der Waals surface area contributed by atoms with E-state index in [0.29, 0.717) is 24.5 Å². The lowest BCUT2D eigenvalue weighted by atomic mass is 10.1. The van der Waals surface area contributed by atoms with Gasteiger partial charge in [-0.3, -0.25) is 0 Å². The first-order valence-corrected chi connectivity index (χ1v) is 7.30. The number of urea groups is 1. The van der Waals surface area contributed by atoms with Crippen LogP contribution in [0.4, 0.5) is 14.9 Å². The zero-order valence-corrected chi connectivity index (χ0v) is 12.1. The van der Waals surface area contributed by atoms with Gasteiger partial charge in [0.1, 0.15) is 5.82 Å². The van der Waals surface area contributed by atoms with E-state index in [2.05, 4.69) is 5.32 Å². The lowest BCUT2D eigenvalue weighted by molar-refractivity contribution is 0.0883. The van der Waals surface area contributed by atoms with Gasteiger partial charge in [-0.05, 0) is 43.2 Å². The van der Waals surface area contributed by atoms with Crippen LogP contribution >= 0.6 is 0 Å². The number of nitrogens with zero attached hydrogens (tertiary/aromatic N) is 2. The Kier molecular flexibility index (Phi) is 4.11. The molecule has 2 heterocycles. The van der Waals surface area contributed by atoms with Crippen molar-refractivity contribution in [3.8, 4) is 5.69 Å². The van der Waals surface area contributed by atoms with Crippen LogP contribution in [0.3, 0.4) is 0 Å². The molecule has 0 saturated carbocycles. The highest BCUT2D eigenvalue weighted by atomic mass is 19.1. The van der Waals surface area contributed by atoms with E-state index in [0.717, 1.165) is 12.8 Å². The fourth-order valence-corrected chi connectivity index (χ4v) is 2.63. The molecule has 5 nitrogen and oxygen atoms in total. The summed E-state index contributed by atoms with van der Waals surface area (Å²) >= 11 is 0. The van der Waals surface area contributed by atoms with Crippen molar-refractivity contribution in [3.05, 3.63) is 48.5 Å². The highest BCUT2D eigenvalue weighted by molar-refractivity contribution is 5.89. The molecule has 2 amide bonds. The summed E-state index contributed by atoms with van der Waals surface area (Å²) in [5.74, 6) is -0.359. The van der Waals surface area contributed by atoms with Crippen LogP contribution in [0.15, 0.2) is 42.7 Å². The molecule has 1 saturated heterocycles. The number of β-amino-alcohol motifs (C(OH)–C–C–N with tert-alkyl or cyclic N) is 1. The fourth-order valence-electron chi connectivity index (χ4n) is 2.63. The van der Waals surface area contributed by atoms with E-state index < -0.39 is 6.10 Å². The Hall–Kier alpha value is -2.34. The molecule has 0 spiro atoms. The summed E-state index contributed by atoms with van der Waals surface area (Å²) in [6.45, 7) is 0.950. The van der Waals surface area contributed by atoms with Gasteiger partial charge in [-0.2, -0.15) is 0 Å². The third-order valence-corrected chi connectivity index (χ3v) is 3.76. The second kappa shape index (κ2) is 6.19. The maximum absolute atomic E-state index is 13.9. The van der Waals surface area contributed by atoms with Gasteiger partial charge in [-0.25, -0.2) is 9.18 Å². The first-order chi connectivity index (χ1) is 10.6. The summed E-state index contributed by atoms with van der Waals surface area (Å²) in [6.07, 6.45) is 4.52. The Morgan fingerprint density at radius 1 is 1.32 bits per heavy atom. The lowest BCUT2D eigenvalue weighted by Crippen LogP contribution is -2.44. The molecule has 1 aromatic heterocycles. The molecule has 0 radical (unpaired) electrons. The Morgan fingerprint density at radius 3 is 2.82 bits per heavy atom. The first kappa shape index (κ1) is 14.6. The number of benzene rings is 1. The third-order valence-electron chi connectivity index (χ3n) is 3.76.